The zero-order valence-corrected chi connectivity index (χ0v) is 11.5. The monoisotopic (exact) mass is 253 g/mol. The molecule has 2 N–H and O–H groups in total. The predicted octanol–water partition coefficient (Wildman–Crippen LogP) is 3.47. The van der Waals surface area contributed by atoms with Gasteiger partial charge >= 0.3 is 0 Å². The van der Waals surface area contributed by atoms with Gasteiger partial charge in [-0.3, -0.25) is 0 Å². The fraction of sp³-hybridized carbons (Fsp3) is 0.375. The molecular formula is C16H19N3. The van der Waals surface area contributed by atoms with E-state index in [0.29, 0.717) is 5.82 Å². The Morgan fingerprint density at radius 2 is 1.84 bits per heavy atom. The Hall–Kier alpha value is -1.90. The van der Waals surface area contributed by atoms with E-state index >= 15 is 0 Å². The maximum atomic E-state index is 5.97. The number of anilines is 1. The van der Waals surface area contributed by atoms with Gasteiger partial charge in [-0.25, -0.2) is 9.97 Å². The van der Waals surface area contributed by atoms with Gasteiger partial charge < -0.3 is 5.73 Å². The highest BCUT2D eigenvalue weighted by Crippen LogP contribution is 2.40. The number of aromatic nitrogens is 2. The summed E-state index contributed by atoms with van der Waals surface area (Å²) < 4.78 is 0. The molecule has 98 valence electrons. The van der Waals surface area contributed by atoms with Crippen molar-refractivity contribution in [2.45, 2.75) is 39.0 Å². The number of rotatable bonds is 3. The Balaban J connectivity index is 1.98. The highest BCUT2D eigenvalue weighted by Gasteiger charge is 2.23. The summed E-state index contributed by atoms with van der Waals surface area (Å²) in [6.07, 6.45) is 3.53. The van der Waals surface area contributed by atoms with E-state index in [-0.39, 0.29) is 0 Å². The van der Waals surface area contributed by atoms with Gasteiger partial charge in [0, 0.05) is 16.8 Å². The number of nitrogens with two attached hydrogens (primary N) is 1. The van der Waals surface area contributed by atoms with Gasteiger partial charge in [-0.05, 0) is 37.7 Å². The van der Waals surface area contributed by atoms with Crippen LogP contribution in [0.3, 0.4) is 0 Å². The van der Waals surface area contributed by atoms with Gasteiger partial charge in [-0.2, -0.15) is 0 Å². The SMILES string of the molecule is CCc1nc(-c2ccc(C3CC3)cc2)nc(N)c1C. The van der Waals surface area contributed by atoms with E-state index in [2.05, 4.69) is 41.2 Å². The zero-order chi connectivity index (χ0) is 13.4. The predicted molar refractivity (Wildman–Crippen MR) is 78.0 cm³/mol. The molecule has 3 heteroatoms. The first-order chi connectivity index (χ1) is 9.19. The lowest BCUT2D eigenvalue weighted by atomic mass is 10.1. The molecule has 0 spiro atoms. The van der Waals surface area contributed by atoms with Crippen molar-refractivity contribution in [1.29, 1.82) is 0 Å². The molecule has 0 unspecified atom stereocenters. The molecule has 0 bridgehead atoms. The first-order valence-corrected chi connectivity index (χ1v) is 6.92. The van der Waals surface area contributed by atoms with Gasteiger partial charge in [-0.15, -0.1) is 0 Å². The number of hydrogen-bond donors (Lipinski definition) is 1. The summed E-state index contributed by atoms with van der Waals surface area (Å²) >= 11 is 0. The topological polar surface area (TPSA) is 51.8 Å². The summed E-state index contributed by atoms with van der Waals surface area (Å²) in [4.78, 5) is 9.03. The molecule has 19 heavy (non-hydrogen) atoms. The minimum atomic E-state index is 0.591. The van der Waals surface area contributed by atoms with Crippen molar-refractivity contribution in [1.82, 2.24) is 9.97 Å². The summed E-state index contributed by atoms with van der Waals surface area (Å²) in [5.74, 6) is 2.11. The largest absolute Gasteiger partial charge is 0.383 e. The molecule has 3 nitrogen and oxygen atoms in total. The Labute approximate surface area is 113 Å². The molecule has 1 saturated carbocycles. The lowest BCUT2D eigenvalue weighted by molar-refractivity contribution is 0.981. The van der Waals surface area contributed by atoms with Crippen LogP contribution < -0.4 is 5.73 Å². The van der Waals surface area contributed by atoms with Gasteiger partial charge in [0.05, 0.1) is 0 Å². The maximum Gasteiger partial charge on any atom is 0.161 e. The standard InChI is InChI=1S/C16H19N3/c1-3-14-10(2)15(17)19-16(18-14)13-8-6-12(7-9-13)11-4-5-11/h6-9,11H,3-5H2,1-2H3,(H2,17,18,19). The second-order valence-corrected chi connectivity index (χ2v) is 5.25. The van der Waals surface area contributed by atoms with E-state index in [4.69, 9.17) is 5.73 Å². The van der Waals surface area contributed by atoms with E-state index < -0.39 is 0 Å². The molecule has 1 aromatic heterocycles. The Bertz CT molecular complexity index is 598. The highest BCUT2D eigenvalue weighted by molar-refractivity contribution is 5.59. The van der Waals surface area contributed by atoms with E-state index in [1.807, 2.05) is 6.92 Å². The third-order valence-electron chi connectivity index (χ3n) is 3.84. The van der Waals surface area contributed by atoms with E-state index in [9.17, 15) is 0 Å². The molecule has 0 saturated heterocycles. The van der Waals surface area contributed by atoms with Gasteiger partial charge in [0.1, 0.15) is 5.82 Å². The molecule has 0 atom stereocenters. The van der Waals surface area contributed by atoms with E-state index in [1.165, 1.54) is 18.4 Å². The third kappa shape index (κ3) is 2.33. The lowest BCUT2D eigenvalue weighted by Crippen LogP contribution is -2.04. The minimum absolute atomic E-state index is 0.591. The van der Waals surface area contributed by atoms with Crippen LogP contribution in [-0.4, -0.2) is 9.97 Å². The maximum absolute atomic E-state index is 5.97. The fourth-order valence-corrected chi connectivity index (χ4v) is 2.38. The number of hydrogen-bond acceptors (Lipinski definition) is 3. The van der Waals surface area contributed by atoms with Crippen molar-refractivity contribution in [3.05, 3.63) is 41.1 Å². The quantitative estimate of drug-likeness (QED) is 0.911. The smallest absolute Gasteiger partial charge is 0.161 e. The Kier molecular flexibility index (Phi) is 2.97. The van der Waals surface area contributed by atoms with Gasteiger partial charge in [0.25, 0.3) is 0 Å². The van der Waals surface area contributed by atoms with Crippen LogP contribution in [0.25, 0.3) is 11.4 Å². The van der Waals surface area contributed by atoms with Crippen molar-refractivity contribution in [2.75, 3.05) is 5.73 Å². The van der Waals surface area contributed by atoms with Crippen LogP contribution in [0.1, 0.15) is 42.5 Å². The molecule has 1 fully saturated rings. The van der Waals surface area contributed by atoms with Crippen LogP contribution in [0.5, 0.6) is 0 Å². The summed E-state index contributed by atoms with van der Waals surface area (Å²) in [5.41, 5.74) is 10.5. The number of nitrogen functional groups attached to an aromatic ring is 1. The zero-order valence-electron chi connectivity index (χ0n) is 11.5. The summed E-state index contributed by atoms with van der Waals surface area (Å²) in [6.45, 7) is 4.07. The highest BCUT2D eigenvalue weighted by atomic mass is 15.0. The molecule has 3 rings (SSSR count). The van der Waals surface area contributed by atoms with Gasteiger partial charge in [0.2, 0.25) is 0 Å². The van der Waals surface area contributed by atoms with Crippen LogP contribution in [0, 0.1) is 6.92 Å². The van der Waals surface area contributed by atoms with Gasteiger partial charge in [-0.1, -0.05) is 31.2 Å². The summed E-state index contributed by atoms with van der Waals surface area (Å²) in [7, 11) is 0. The lowest BCUT2D eigenvalue weighted by Gasteiger charge is -2.09. The molecular weight excluding hydrogens is 234 g/mol. The number of aryl methyl sites for hydroxylation is 1. The summed E-state index contributed by atoms with van der Waals surface area (Å²) in [6, 6.07) is 8.60. The van der Waals surface area contributed by atoms with E-state index in [1.54, 1.807) is 0 Å². The molecule has 1 heterocycles. The molecule has 1 aliphatic carbocycles. The second kappa shape index (κ2) is 4.65. The normalized spacial score (nSPS) is 14.6. The van der Waals surface area contributed by atoms with Gasteiger partial charge in [0.15, 0.2) is 5.82 Å². The van der Waals surface area contributed by atoms with Crippen LogP contribution in [0.2, 0.25) is 0 Å². The number of benzene rings is 1. The Morgan fingerprint density at radius 3 is 2.42 bits per heavy atom. The Morgan fingerprint density at radius 1 is 1.16 bits per heavy atom. The minimum Gasteiger partial charge on any atom is -0.383 e. The average molecular weight is 253 g/mol. The molecule has 0 amide bonds. The summed E-state index contributed by atoms with van der Waals surface area (Å²) in [5, 5.41) is 0. The van der Waals surface area contributed by atoms with Crippen LogP contribution in [-0.2, 0) is 6.42 Å². The van der Waals surface area contributed by atoms with Crippen molar-refractivity contribution in [3.8, 4) is 11.4 Å². The van der Waals surface area contributed by atoms with Crippen molar-refractivity contribution in [3.63, 3.8) is 0 Å². The fourth-order valence-electron chi connectivity index (χ4n) is 2.38. The van der Waals surface area contributed by atoms with Crippen molar-refractivity contribution < 1.29 is 0 Å². The molecule has 1 aromatic carbocycles. The molecule has 2 aromatic rings. The first-order valence-electron chi connectivity index (χ1n) is 6.92. The van der Waals surface area contributed by atoms with Crippen molar-refractivity contribution >= 4 is 5.82 Å². The van der Waals surface area contributed by atoms with Crippen LogP contribution >= 0.6 is 0 Å². The third-order valence-corrected chi connectivity index (χ3v) is 3.84. The average Bonchev–Trinajstić information content (AvgIpc) is 3.26. The number of nitrogens with zero attached hydrogens (tertiary/aromatic N) is 2. The van der Waals surface area contributed by atoms with E-state index in [0.717, 1.165) is 35.0 Å². The molecule has 1 aliphatic rings. The van der Waals surface area contributed by atoms with Crippen LogP contribution in [0.15, 0.2) is 24.3 Å². The first kappa shape index (κ1) is 12.2. The second-order valence-electron chi connectivity index (χ2n) is 5.25. The van der Waals surface area contributed by atoms with Crippen LogP contribution in [0.4, 0.5) is 5.82 Å². The molecule has 0 aliphatic heterocycles. The van der Waals surface area contributed by atoms with Crippen molar-refractivity contribution in [2.24, 2.45) is 0 Å². The molecule has 0 radical (unpaired) electrons.